The minimum Gasteiger partial charge on any atom is -0.378 e. The average Bonchev–Trinajstić information content (AvgIpc) is 2.97. The highest BCUT2D eigenvalue weighted by Crippen LogP contribution is 2.50. The predicted molar refractivity (Wildman–Crippen MR) is 84.2 cm³/mol. The predicted octanol–water partition coefficient (Wildman–Crippen LogP) is 5.31. The van der Waals surface area contributed by atoms with Crippen LogP contribution in [0.3, 0.4) is 0 Å². The summed E-state index contributed by atoms with van der Waals surface area (Å²) in [5.74, 6) is 0.652. The van der Waals surface area contributed by atoms with Gasteiger partial charge in [-0.15, -0.1) is 0 Å². The van der Waals surface area contributed by atoms with E-state index in [4.69, 9.17) is 11.6 Å². The number of rotatable bonds is 1. The van der Waals surface area contributed by atoms with Crippen molar-refractivity contribution >= 4 is 17.3 Å². The maximum absolute atomic E-state index is 13.2. The largest absolute Gasteiger partial charge is 0.378 e. The molecule has 1 aliphatic carbocycles. The zero-order chi connectivity index (χ0) is 14.4. The molecule has 21 heavy (non-hydrogen) atoms. The molecule has 2 aliphatic rings. The molecular weight excluding hydrogens is 285 g/mol. The molecular formula is C18H15ClFN. The van der Waals surface area contributed by atoms with Gasteiger partial charge in [0.1, 0.15) is 5.82 Å². The summed E-state index contributed by atoms with van der Waals surface area (Å²) in [6.45, 7) is 0. The number of fused-ring (bicyclic) bond motifs is 3. The van der Waals surface area contributed by atoms with Crippen LogP contribution in [0.25, 0.3) is 0 Å². The van der Waals surface area contributed by atoms with Crippen LogP contribution in [0.2, 0.25) is 5.02 Å². The van der Waals surface area contributed by atoms with Gasteiger partial charge in [-0.05, 0) is 53.8 Å². The molecule has 0 amide bonds. The van der Waals surface area contributed by atoms with E-state index < -0.39 is 0 Å². The SMILES string of the molecule is Fc1ccc([C@@H]2Nc3ccc(Cl)cc3[C@@H]3C=CC[C@H]32)cc1. The van der Waals surface area contributed by atoms with Crippen LogP contribution in [0.15, 0.2) is 54.6 Å². The van der Waals surface area contributed by atoms with Gasteiger partial charge in [-0.3, -0.25) is 0 Å². The standard InChI is InChI=1S/C18H15ClFN/c19-12-6-9-17-16(10-12)14-2-1-3-15(14)18(21-17)11-4-7-13(20)8-5-11/h1-2,4-10,14-15,18,21H,3H2/t14-,15-,18+/m1/s1. The lowest BCUT2D eigenvalue weighted by molar-refractivity contribution is 0.425. The van der Waals surface area contributed by atoms with Crippen molar-refractivity contribution < 1.29 is 4.39 Å². The van der Waals surface area contributed by atoms with Crippen molar-refractivity contribution in [3.8, 4) is 0 Å². The summed E-state index contributed by atoms with van der Waals surface area (Å²) in [7, 11) is 0. The van der Waals surface area contributed by atoms with E-state index in [9.17, 15) is 4.39 Å². The van der Waals surface area contributed by atoms with Crippen LogP contribution in [-0.4, -0.2) is 0 Å². The van der Waals surface area contributed by atoms with Gasteiger partial charge in [-0.1, -0.05) is 35.9 Å². The van der Waals surface area contributed by atoms with E-state index in [2.05, 4.69) is 23.5 Å². The lowest BCUT2D eigenvalue weighted by atomic mass is 9.77. The molecule has 0 unspecified atom stereocenters. The Balaban J connectivity index is 1.78. The van der Waals surface area contributed by atoms with Crippen molar-refractivity contribution in [2.75, 3.05) is 5.32 Å². The highest BCUT2D eigenvalue weighted by molar-refractivity contribution is 6.30. The molecule has 1 heterocycles. The van der Waals surface area contributed by atoms with Crippen molar-refractivity contribution in [3.63, 3.8) is 0 Å². The topological polar surface area (TPSA) is 12.0 Å². The number of anilines is 1. The van der Waals surface area contributed by atoms with E-state index in [-0.39, 0.29) is 11.9 Å². The van der Waals surface area contributed by atoms with Gasteiger partial charge in [-0.25, -0.2) is 4.39 Å². The molecule has 3 atom stereocenters. The molecule has 0 saturated heterocycles. The summed E-state index contributed by atoms with van der Waals surface area (Å²) in [4.78, 5) is 0. The Bertz CT molecular complexity index is 708. The number of allylic oxidation sites excluding steroid dienone is 2. The van der Waals surface area contributed by atoms with Gasteiger partial charge >= 0.3 is 0 Å². The zero-order valence-electron chi connectivity index (χ0n) is 11.4. The molecule has 0 saturated carbocycles. The smallest absolute Gasteiger partial charge is 0.123 e. The summed E-state index contributed by atoms with van der Waals surface area (Å²) in [5.41, 5.74) is 3.52. The van der Waals surface area contributed by atoms with Gasteiger partial charge in [0, 0.05) is 16.6 Å². The zero-order valence-corrected chi connectivity index (χ0v) is 12.1. The monoisotopic (exact) mass is 299 g/mol. The van der Waals surface area contributed by atoms with Crippen molar-refractivity contribution in [2.24, 2.45) is 5.92 Å². The summed E-state index contributed by atoms with van der Waals surface area (Å²) in [5, 5.41) is 4.38. The van der Waals surface area contributed by atoms with Crippen LogP contribution >= 0.6 is 11.6 Å². The molecule has 2 aromatic rings. The fourth-order valence-electron chi connectivity index (χ4n) is 3.57. The van der Waals surface area contributed by atoms with Crippen LogP contribution in [0.5, 0.6) is 0 Å². The van der Waals surface area contributed by atoms with E-state index in [0.717, 1.165) is 22.7 Å². The molecule has 3 heteroatoms. The van der Waals surface area contributed by atoms with Gasteiger partial charge in [0.2, 0.25) is 0 Å². The molecule has 0 radical (unpaired) electrons. The first-order valence-electron chi connectivity index (χ1n) is 7.20. The molecule has 106 valence electrons. The number of benzene rings is 2. The Morgan fingerprint density at radius 3 is 2.71 bits per heavy atom. The first kappa shape index (κ1) is 12.9. The summed E-state index contributed by atoms with van der Waals surface area (Å²) >= 11 is 6.14. The minimum absolute atomic E-state index is 0.192. The fourth-order valence-corrected chi connectivity index (χ4v) is 3.75. The summed E-state index contributed by atoms with van der Waals surface area (Å²) in [6, 6.07) is 13.0. The third-order valence-electron chi connectivity index (χ3n) is 4.55. The van der Waals surface area contributed by atoms with Gasteiger partial charge in [0.25, 0.3) is 0 Å². The number of hydrogen-bond donors (Lipinski definition) is 1. The van der Waals surface area contributed by atoms with Gasteiger partial charge < -0.3 is 5.32 Å². The van der Waals surface area contributed by atoms with Crippen LogP contribution in [0.4, 0.5) is 10.1 Å². The Kier molecular flexibility index (Phi) is 3.00. The molecule has 1 N–H and O–H groups in total. The summed E-state index contributed by atoms with van der Waals surface area (Å²) in [6.07, 6.45) is 5.55. The Hall–Kier alpha value is -1.80. The number of hydrogen-bond acceptors (Lipinski definition) is 1. The molecule has 1 nitrogen and oxygen atoms in total. The van der Waals surface area contributed by atoms with Crippen molar-refractivity contribution in [3.05, 3.63) is 76.6 Å². The van der Waals surface area contributed by atoms with E-state index in [0.29, 0.717) is 11.8 Å². The van der Waals surface area contributed by atoms with E-state index in [1.807, 2.05) is 24.3 Å². The second-order valence-corrected chi connectivity index (χ2v) is 6.20. The highest BCUT2D eigenvalue weighted by Gasteiger charge is 2.37. The maximum atomic E-state index is 13.2. The number of nitrogens with one attached hydrogen (secondary N) is 1. The minimum atomic E-state index is -0.192. The average molecular weight is 300 g/mol. The molecule has 0 aromatic heterocycles. The second kappa shape index (κ2) is 4.88. The first-order chi connectivity index (χ1) is 10.2. The third kappa shape index (κ3) is 2.14. The molecule has 1 aliphatic heterocycles. The normalized spacial score (nSPS) is 26.1. The molecule has 0 bridgehead atoms. The van der Waals surface area contributed by atoms with E-state index in [1.165, 1.54) is 17.7 Å². The van der Waals surface area contributed by atoms with E-state index in [1.54, 1.807) is 0 Å². The van der Waals surface area contributed by atoms with Crippen molar-refractivity contribution in [2.45, 2.75) is 18.4 Å². The van der Waals surface area contributed by atoms with Gasteiger partial charge in [0.15, 0.2) is 0 Å². The Morgan fingerprint density at radius 2 is 1.90 bits per heavy atom. The molecule has 2 aromatic carbocycles. The van der Waals surface area contributed by atoms with Gasteiger partial charge in [-0.2, -0.15) is 0 Å². The van der Waals surface area contributed by atoms with Gasteiger partial charge in [0.05, 0.1) is 6.04 Å². The van der Waals surface area contributed by atoms with Crippen molar-refractivity contribution in [1.82, 2.24) is 0 Å². The molecule has 0 fully saturated rings. The van der Waals surface area contributed by atoms with Crippen LogP contribution in [-0.2, 0) is 0 Å². The quantitative estimate of drug-likeness (QED) is 0.704. The maximum Gasteiger partial charge on any atom is 0.123 e. The highest BCUT2D eigenvalue weighted by atomic mass is 35.5. The second-order valence-electron chi connectivity index (χ2n) is 5.76. The Morgan fingerprint density at radius 1 is 1.10 bits per heavy atom. The number of halogens is 2. The Labute approximate surface area is 128 Å². The van der Waals surface area contributed by atoms with Crippen molar-refractivity contribution in [1.29, 1.82) is 0 Å². The molecule has 4 rings (SSSR count). The van der Waals surface area contributed by atoms with Crippen LogP contribution in [0, 0.1) is 11.7 Å². The van der Waals surface area contributed by atoms with Crippen LogP contribution < -0.4 is 5.32 Å². The first-order valence-corrected chi connectivity index (χ1v) is 7.58. The van der Waals surface area contributed by atoms with E-state index >= 15 is 0 Å². The summed E-state index contributed by atoms with van der Waals surface area (Å²) < 4.78 is 13.2. The lowest BCUT2D eigenvalue weighted by Crippen LogP contribution is -2.29. The third-order valence-corrected chi connectivity index (χ3v) is 4.79. The fraction of sp³-hybridized carbons (Fsp3) is 0.222. The molecule has 0 spiro atoms. The lowest BCUT2D eigenvalue weighted by Gasteiger charge is -2.37. The van der Waals surface area contributed by atoms with Crippen LogP contribution in [0.1, 0.15) is 29.5 Å².